The predicted octanol–water partition coefficient (Wildman–Crippen LogP) is 2.13. The Morgan fingerprint density at radius 3 is 3.04 bits per heavy atom. The van der Waals surface area contributed by atoms with Crippen molar-refractivity contribution in [2.45, 2.75) is 44.9 Å². The molecule has 6 heteroatoms. The van der Waals surface area contributed by atoms with Gasteiger partial charge < -0.3 is 10.4 Å². The molecular weight excluding hydrogens is 318 g/mol. The molecule has 1 fully saturated rings. The highest BCUT2D eigenvalue weighted by atomic mass is 16.4. The predicted molar refractivity (Wildman–Crippen MR) is 95.8 cm³/mol. The zero-order valence-electron chi connectivity index (χ0n) is 14.7. The summed E-state index contributed by atoms with van der Waals surface area (Å²) in [6.45, 7) is 2.36. The van der Waals surface area contributed by atoms with Crippen molar-refractivity contribution in [3.8, 4) is 0 Å². The summed E-state index contributed by atoms with van der Waals surface area (Å²) in [7, 11) is 0. The second-order valence-electron chi connectivity index (χ2n) is 7.13. The van der Waals surface area contributed by atoms with E-state index in [4.69, 9.17) is 5.11 Å². The third kappa shape index (κ3) is 5.01. The van der Waals surface area contributed by atoms with Crippen LogP contribution in [0.3, 0.4) is 0 Å². The van der Waals surface area contributed by atoms with Gasteiger partial charge in [0.1, 0.15) is 11.6 Å². The van der Waals surface area contributed by atoms with Gasteiger partial charge >= 0.3 is 5.97 Å². The summed E-state index contributed by atoms with van der Waals surface area (Å²) in [4.78, 5) is 29.6. The molecule has 2 aliphatic rings. The van der Waals surface area contributed by atoms with E-state index in [1.165, 1.54) is 12.0 Å². The van der Waals surface area contributed by atoms with E-state index in [2.05, 4.69) is 22.4 Å². The van der Waals surface area contributed by atoms with E-state index in [1.54, 1.807) is 0 Å². The molecule has 0 unspecified atom stereocenters. The Kier molecular flexibility index (Phi) is 6.02. The number of hydrogen-bond acceptors (Lipinski definition) is 5. The van der Waals surface area contributed by atoms with Crippen molar-refractivity contribution >= 4 is 17.6 Å². The van der Waals surface area contributed by atoms with Gasteiger partial charge in [0.25, 0.3) is 0 Å². The smallest absolute Gasteiger partial charge is 0.317 e. The summed E-state index contributed by atoms with van der Waals surface area (Å²) in [5, 5.41) is 12.2. The largest absolute Gasteiger partial charge is 0.480 e. The number of carboxylic acid groups (broad SMARTS) is 1. The number of nitrogens with zero attached hydrogens (tertiary/aromatic N) is 2. The topological polar surface area (TPSA) is 82.5 Å². The highest BCUT2D eigenvalue weighted by Gasteiger charge is 2.28. The van der Waals surface area contributed by atoms with E-state index in [0.29, 0.717) is 13.0 Å². The molecule has 2 N–H and O–H groups in total. The Morgan fingerprint density at radius 2 is 2.20 bits per heavy atom. The van der Waals surface area contributed by atoms with Crippen molar-refractivity contribution in [3.63, 3.8) is 0 Å². The maximum Gasteiger partial charge on any atom is 0.317 e. The van der Waals surface area contributed by atoms with Crippen LogP contribution < -0.4 is 5.32 Å². The highest BCUT2D eigenvalue weighted by Crippen LogP contribution is 2.21. The number of carboxylic acids is 1. The molecule has 0 aromatic carbocycles. The first kappa shape index (κ1) is 17.9. The van der Waals surface area contributed by atoms with Gasteiger partial charge in [-0.05, 0) is 56.7 Å². The maximum absolute atomic E-state index is 12.3. The SMILES string of the molecule is O=C(O)CN1CC[C@@H](C(=O)CCCCc2ccc3c(n2)NCCC3)C1. The average Bonchev–Trinajstić information content (AvgIpc) is 3.06. The Bertz CT molecular complexity index is 632. The molecule has 0 bridgehead atoms. The van der Waals surface area contributed by atoms with E-state index in [9.17, 15) is 9.59 Å². The van der Waals surface area contributed by atoms with Crippen LogP contribution in [0.25, 0.3) is 0 Å². The van der Waals surface area contributed by atoms with E-state index in [1.807, 2.05) is 4.90 Å². The van der Waals surface area contributed by atoms with Crippen molar-refractivity contribution in [2.75, 3.05) is 31.5 Å². The Balaban J connectivity index is 1.37. The lowest BCUT2D eigenvalue weighted by Crippen LogP contribution is -2.28. The van der Waals surface area contributed by atoms with E-state index in [0.717, 1.165) is 56.7 Å². The molecule has 1 atom stereocenters. The summed E-state index contributed by atoms with van der Waals surface area (Å²) < 4.78 is 0. The van der Waals surface area contributed by atoms with E-state index < -0.39 is 5.97 Å². The normalized spacial score (nSPS) is 20.1. The quantitative estimate of drug-likeness (QED) is 0.703. The zero-order chi connectivity index (χ0) is 17.6. The van der Waals surface area contributed by atoms with Crippen molar-refractivity contribution in [3.05, 3.63) is 23.4 Å². The van der Waals surface area contributed by atoms with E-state index in [-0.39, 0.29) is 18.2 Å². The van der Waals surface area contributed by atoms with Crippen LogP contribution in [0.1, 0.15) is 43.4 Å². The fourth-order valence-electron chi connectivity index (χ4n) is 3.75. The molecule has 6 nitrogen and oxygen atoms in total. The number of Topliss-reactive ketones (excluding diaryl/α,β-unsaturated/α-hetero) is 1. The van der Waals surface area contributed by atoms with Crippen LogP contribution in [0.4, 0.5) is 5.82 Å². The molecule has 0 saturated carbocycles. The molecule has 0 spiro atoms. The number of anilines is 1. The number of ketones is 1. The lowest BCUT2D eigenvalue weighted by molar-refractivity contribution is -0.138. The van der Waals surface area contributed by atoms with Crippen LogP contribution in [0.5, 0.6) is 0 Å². The van der Waals surface area contributed by atoms with Crippen LogP contribution in [0.15, 0.2) is 12.1 Å². The van der Waals surface area contributed by atoms with Gasteiger partial charge in [-0.2, -0.15) is 0 Å². The molecule has 2 aliphatic heterocycles. The number of aryl methyl sites for hydroxylation is 2. The number of fused-ring (bicyclic) bond motifs is 1. The van der Waals surface area contributed by atoms with Crippen LogP contribution in [0, 0.1) is 5.92 Å². The molecule has 1 aromatic rings. The summed E-state index contributed by atoms with van der Waals surface area (Å²) in [6, 6.07) is 4.28. The number of aliphatic carboxylic acids is 1. The number of rotatable bonds is 8. The average molecular weight is 345 g/mol. The second-order valence-corrected chi connectivity index (χ2v) is 7.13. The fourth-order valence-corrected chi connectivity index (χ4v) is 3.75. The minimum atomic E-state index is -0.819. The molecule has 0 amide bonds. The van der Waals surface area contributed by atoms with Gasteiger partial charge in [0.2, 0.25) is 0 Å². The molecule has 1 saturated heterocycles. The van der Waals surface area contributed by atoms with Gasteiger partial charge in [0.15, 0.2) is 0 Å². The zero-order valence-corrected chi connectivity index (χ0v) is 14.7. The summed E-state index contributed by atoms with van der Waals surface area (Å²) in [5.41, 5.74) is 2.39. The minimum absolute atomic E-state index is 0.0189. The molecular formula is C19H27N3O3. The molecule has 25 heavy (non-hydrogen) atoms. The fraction of sp³-hybridized carbons (Fsp3) is 0.632. The van der Waals surface area contributed by atoms with E-state index >= 15 is 0 Å². The highest BCUT2D eigenvalue weighted by molar-refractivity contribution is 5.81. The molecule has 0 radical (unpaired) electrons. The minimum Gasteiger partial charge on any atom is -0.480 e. The summed E-state index contributed by atoms with van der Waals surface area (Å²) in [6.07, 6.45) is 6.39. The monoisotopic (exact) mass is 345 g/mol. The first-order valence-electron chi connectivity index (χ1n) is 9.31. The van der Waals surface area contributed by atoms with Gasteiger partial charge in [-0.15, -0.1) is 0 Å². The Labute approximate surface area is 148 Å². The Morgan fingerprint density at radius 1 is 1.32 bits per heavy atom. The number of nitrogens with one attached hydrogen (secondary N) is 1. The van der Waals surface area contributed by atoms with Gasteiger partial charge in [-0.3, -0.25) is 14.5 Å². The number of carbonyl (C=O) groups excluding carboxylic acids is 1. The molecule has 3 heterocycles. The third-order valence-electron chi connectivity index (χ3n) is 5.14. The lowest BCUT2D eigenvalue weighted by Gasteiger charge is -2.17. The number of unbranched alkanes of at least 4 members (excludes halogenated alkanes) is 1. The van der Waals surface area contributed by atoms with Gasteiger partial charge in [-0.25, -0.2) is 4.98 Å². The van der Waals surface area contributed by atoms with Gasteiger partial charge in [0, 0.05) is 31.1 Å². The van der Waals surface area contributed by atoms with Crippen LogP contribution in [-0.2, 0) is 22.4 Å². The van der Waals surface area contributed by atoms with Gasteiger partial charge in [-0.1, -0.05) is 6.07 Å². The van der Waals surface area contributed by atoms with Crippen molar-refractivity contribution < 1.29 is 14.7 Å². The number of aromatic nitrogens is 1. The molecule has 0 aliphatic carbocycles. The number of likely N-dealkylation sites (tertiary alicyclic amines) is 1. The van der Waals surface area contributed by atoms with Crippen LogP contribution in [0.2, 0.25) is 0 Å². The van der Waals surface area contributed by atoms with Gasteiger partial charge in [0.05, 0.1) is 6.54 Å². The molecule has 136 valence electrons. The first-order chi connectivity index (χ1) is 12.1. The number of carbonyl (C=O) groups is 2. The first-order valence-corrected chi connectivity index (χ1v) is 9.31. The van der Waals surface area contributed by atoms with Crippen LogP contribution in [-0.4, -0.2) is 52.9 Å². The lowest BCUT2D eigenvalue weighted by atomic mass is 9.98. The second kappa shape index (κ2) is 8.43. The molecule has 1 aromatic heterocycles. The number of pyridine rings is 1. The summed E-state index contributed by atoms with van der Waals surface area (Å²) >= 11 is 0. The van der Waals surface area contributed by atoms with Crippen molar-refractivity contribution in [1.82, 2.24) is 9.88 Å². The summed E-state index contributed by atoms with van der Waals surface area (Å²) in [5.74, 6) is 0.516. The molecule has 3 rings (SSSR count). The number of hydrogen-bond donors (Lipinski definition) is 2. The van der Waals surface area contributed by atoms with Crippen molar-refractivity contribution in [1.29, 1.82) is 0 Å². The van der Waals surface area contributed by atoms with Crippen molar-refractivity contribution in [2.24, 2.45) is 5.92 Å². The standard InChI is InChI=1S/C19H27N3O3/c23-17(15-9-11-22(12-15)13-18(24)25)6-2-1-5-16-8-7-14-4-3-10-20-19(14)21-16/h7-8,15H,1-6,9-13H2,(H,20,21)(H,24,25)/t15-/m1/s1. The maximum atomic E-state index is 12.3. The van der Waals surface area contributed by atoms with Crippen LogP contribution >= 0.6 is 0 Å². The Hall–Kier alpha value is -1.95. The third-order valence-corrected chi connectivity index (χ3v) is 5.14.